The smallest absolute Gasteiger partial charge is 0.307 e. The fourth-order valence-electron chi connectivity index (χ4n) is 1.68. The summed E-state index contributed by atoms with van der Waals surface area (Å²) in [5.74, 6) is -0.782. The van der Waals surface area contributed by atoms with Crippen molar-refractivity contribution in [1.29, 1.82) is 0 Å². The van der Waals surface area contributed by atoms with E-state index in [9.17, 15) is 4.79 Å². The third kappa shape index (κ3) is 1.80. The van der Waals surface area contributed by atoms with E-state index in [0.717, 1.165) is 23.1 Å². The Bertz CT molecular complexity index is 421. The summed E-state index contributed by atoms with van der Waals surface area (Å²) in [6.07, 6.45) is 2.76. The second-order valence-corrected chi connectivity index (χ2v) is 3.83. The highest BCUT2D eigenvalue weighted by molar-refractivity contribution is 6.30. The molecule has 1 aromatic rings. The van der Waals surface area contributed by atoms with E-state index in [1.807, 2.05) is 24.3 Å². The molecule has 2 rings (SSSR count). The summed E-state index contributed by atoms with van der Waals surface area (Å²) < 4.78 is 0. The van der Waals surface area contributed by atoms with Gasteiger partial charge in [0.05, 0.1) is 6.42 Å². The van der Waals surface area contributed by atoms with Crippen LogP contribution in [0.5, 0.6) is 0 Å². The first-order valence-corrected chi connectivity index (χ1v) is 4.72. The lowest BCUT2D eigenvalue weighted by Gasteiger charge is -1.98. The number of carboxylic acids is 1. The van der Waals surface area contributed by atoms with Gasteiger partial charge in [-0.15, -0.1) is 0 Å². The molecule has 0 amide bonds. The lowest BCUT2D eigenvalue weighted by atomic mass is 10.1. The molecule has 0 fully saturated rings. The van der Waals surface area contributed by atoms with Crippen LogP contribution in [0.25, 0.3) is 6.08 Å². The third-order valence-electron chi connectivity index (χ3n) is 2.26. The minimum absolute atomic E-state index is 0.117. The number of aliphatic carboxylic acids is 1. The normalized spacial score (nSPS) is 13.6. The first-order valence-electron chi connectivity index (χ1n) is 4.35. The summed E-state index contributed by atoms with van der Waals surface area (Å²) in [5, 5.41) is 9.33. The fourth-order valence-corrected chi connectivity index (χ4v) is 1.87. The molecular weight excluding hydrogens is 200 g/mol. The molecule has 72 valence electrons. The standard InChI is InChI=1S/C11H9ClO2/c12-10-2-1-8-3-7(5-11(13)14)4-9(8)6-10/h1-2,4,6H,3,5H2,(H,13,14). The van der Waals surface area contributed by atoms with E-state index in [0.29, 0.717) is 5.02 Å². The molecule has 0 bridgehead atoms. The van der Waals surface area contributed by atoms with Crippen molar-refractivity contribution in [2.24, 2.45) is 0 Å². The number of rotatable bonds is 2. The van der Waals surface area contributed by atoms with Crippen LogP contribution in [0, 0.1) is 0 Å². The van der Waals surface area contributed by atoms with Gasteiger partial charge in [0.15, 0.2) is 0 Å². The van der Waals surface area contributed by atoms with Crippen LogP contribution in [-0.2, 0) is 11.2 Å². The van der Waals surface area contributed by atoms with Crippen LogP contribution < -0.4 is 0 Å². The van der Waals surface area contributed by atoms with Gasteiger partial charge in [-0.25, -0.2) is 0 Å². The Morgan fingerprint density at radius 3 is 3.00 bits per heavy atom. The van der Waals surface area contributed by atoms with Crippen LogP contribution in [0.3, 0.4) is 0 Å². The average Bonchev–Trinajstić information content (AvgIpc) is 2.44. The Kier molecular flexibility index (Phi) is 2.30. The van der Waals surface area contributed by atoms with Crippen LogP contribution >= 0.6 is 11.6 Å². The van der Waals surface area contributed by atoms with E-state index in [4.69, 9.17) is 16.7 Å². The Morgan fingerprint density at radius 1 is 1.50 bits per heavy atom. The molecule has 0 aliphatic heterocycles. The molecule has 0 spiro atoms. The van der Waals surface area contributed by atoms with Gasteiger partial charge < -0.3 is 5.11 Å². The molecule has 0 saturated carbocycles. The van der Waals surface area contributed by atoms with Crippen LogP contribution in [0.2, 0.25) is 5.02 Å². The molecule has 1 aromatic carbocycles. The molecule has 2 nitrogen and oxygen atoms in total. The SMILES string of the molecule is O=C(O)CC1=Cc2cc(Cl)ccc2C1. The first-order chi connectivity index (χ1) is 6.65. The molecular formula is C11H9ClO2. The number of benzene rings is 1. The highest BCUT2D eigenvalue weighted by atomic mass is 35.5. The summed E-state index contributed by atoms with van der Waals surface area (Å²) >= 11 is 5.83. The zero-order valence-electron chi connectivity index (χ0n) is 7.46. The van der Waals surface area contributed by atoms with Crippen LogP contribution in [0.1, 0.15) is 17.5 Å². The van der Waals surface area contributed by atoms with Gasteiger partial charge in [0.25, 0.3) is 0 Å². The topological polar surface area (TPSA) is 37.3 Å². The molecule has 0 radical (unpaired) electrons. The molecule has 0 aromatic heterocycles. The van der Waals surface area contributed by atoms with Crippen LogP contribution in [0.15, 0.2) is 23.8 Å². The molecule has 0 saturated heterocycles. The summed E-state index contributed by atoms with van der Waals surface area (Å²) in [6.45, 7) is 0. The summed E-state index contributed by atoms with van der Waals surface area (Å²) in [7, 11) is 0. The molecule has 0 heterocycles. The zero-order valence-corrected chi connectivity index (χ0v) is 8.21. The Morgan fingerprint density at radius 2 is 2.29 bits per heavy atom. The van der Waals surface area contributed by atoms with Crippen molar-refractivity contribution in [2.75, 3.05) is 0 Å². The lowest BCUT2D eigenvalue weighted by molar-refractivity contribution is -0.136. The highest BCUT2D eigenvalue weighted by Crippen LogP contribution is 2.28. The van der Waals surface area contributed by atoms with E-state index in [1.54, 1.807) is 0 Å². The summed E-state index contributed by atoms with van der Waals surface area (Å²) in [4.78, 5) is 10.5. The van der Waals surface area contributed by atoms with E-state index in [2.05, 4.69) is 0 Å². The second-order valence-electron chi connectivity index (χ2n) is 3.39. The van der Waals surface area contributed by atoms with Gasteiger partial charge in [0.2, 0.25) is 0 Å². The lowest BCUT2D eigenvalue weighted by Crippen LogP contribution is -1.96. The summed E-state index contributed by atoms with van der Waals surface area (Å²) in [6, 6.07) is 5.65. The molecule has 14 heavy (non-hydrogen) atoms. The largest absolute Gasteiger partial charge is 0.481 e. The van der Waals surface area contributed by atoms with E-state index >= 15 is 0 Å². The zero-order chi connectivity index (χ0) is 10.1. The number of halogens is 1. The predicted molar refractivity (Wildman–Crippen MR) is 55.4 cm³/mol. The van der Waals surface area contributed by atoms with Crippen molar-refractivity contribution in [3.05, 3.63) is 39.9 Å². The van der Waals surface area contributed by atoms with Gasteiger partial charge >= 0.3 is 5.97 Å². The molecule has 3 heteroatoms. The number of hydrogen-bond acceptors (Lipinski definition) is 1. The Hall–Kier alpha value is -1.28. The number of carbonyl (C=O) groups is 1. The average molecular weight is 209 g/mol. The molecule has 0 atom stereocenters. The van der Waals surface area contributed by atoms with E-state index < -0.39 is 5.97 Å². The maximum Gasteiger partial charge on any atom is 0.307 e. The molecule has 0 unspecified atom stereocenters. The van der Waals surface area contributed by atoms with Crippen molar-refractivity contribution in [3.8, 4) is 0 Å². The fraction of sp³-hybridized carbons (Fsp3) is 0.182. The quantitative estimate of drug-likeness (QED) is 0.812. The molecule has 1 N–H and O–H groups in total. The van der Waals surface area contributed by atoms with Crippen molar-refractivity contribution in [3.63, 3.8) is 0 Å². The second kappa shape index (κ2) is 3.46. The van der Waals surface area contributed by atoms with Gasteiger partial charge in [0, 0.05) is 5.02 Å². The van der Waals surface area contributed by atoms with Gasteiger partial charge in [-0.1, -0.05) is 29.3 Å². The number of fused-ring (bicyclic) bond motifs is 1. The van der Waals surface area contributed by atoms with Crippen molar-refractivity contribution < 1.29 is 9.90 Å². The monoisotopic (exact) mass is 208 g/mol. The van der Waals surface area contributed by atoms with Crippen molar-refractivity contribution in [2.45, 2.75) is 12.8 Å². The minimum atomic E-state index is -0.782. The minimum Gasteiger partial charge on any atom is -0.481 e. The number of hydrogen-bond donors (Lipinski definition) is 1. The van der Waals surface area contributed by atoms with Gasteiger partial charge in [-0.3, -0.25) is 4.79 Å². The maximum absolute atomic E-state index is 10.5. The van der Waals surface area contributed by atoms with Crippen molar-refractivity contribution >= 4 is 23.6 Å². The first kappa shape index (κ1) is 9.28. The Labute approximate surface area is 86.8 Å². The molecule has 1 aliphatic rings. The molecule has 1 aliphatic carbocycles. The van der Waals surface area contributed by atoms with Crippen LogP contribution in [-0.4, -0.2) is 11.1 Å². The van der Waals surface area contributed by atoms with E-state index in [1.165, 1.54) is 0 Å². The summed E-state index contributed by atoms with van der Waals surface area (Å²) in [5.41, 5.74) is 3.15. The van der Waals surface area contributed by atoms with Crippen LogP contribution in [0.4, 0.5) is 0 Å². The number of carboxylic acid groups (broad SMARTS) is 1. The predicted octanol–water partition coefficient (Wildman–Crippen LogP) is 2.75. The maximum atomic E-state index is 10.5. The van der Waals surface area contributed by atoms with Gasteiger partial charge in [0.1, 0.15) is 0 Å². The van der Waals surface area contributed by atoms with Gasteiger partial charge in [-0.2, -0.15) is 0 Å². The van der Waals surface area contributed by atoms with Crippen molar-refractivity contribution in [1.82, 2.24) is 0 Å². The van der Waals surface area contributed by atoms with E-state index in [-0.39, 0.29) is 6.42 Å². The Balaban J connectivity index is 2.25. The highest BCUT2D eigenvalue weighted by Gasteiger charge is 2.14. The third-order valence-corrected chi connectivity index (χ3v) is 2.50. The van der Waals surface area contributed by atoms with Gasteiger partial charge in [-0.05, 0) is 29.7 Å².